The van der Waals surface area contributed by atoms with Crippen LogP contribution in [-0.2, 0) is 10.8 Å². The van der Waals surface area contributed by atoms with E-state index >= 15 is 0 Å². The van der Waals surface area contributed by atoms with Crippen molar-refractivity contribution >= 4 is 110 Å². The van der Waals surface area contributed by atoms with Gasteiger partial charge in [0.25, 0.3) is 0 Å². The Morgan fingerprint density at radius 3 is 1.05 bits per heavy atom. The Labute approximate surface area is 370 Å². The quantitative estimate of drug-likeness (QED) is 0.174. The molecule has 64 heavy (non-hydrogen) atoms. The van der Waals surface area contributed by atoms with Crippen LogP contribution in [0.4, 0.5) is 34.1 Å². The molecule has 0 atom stereocenters. The highest BCUT2D eigenvalue weighted by atomic mass is 16.3. The number of hydrogen-bond acceptors (Lipinski definition) is 4. The molecule has 4 heterocycles. The molecular formula is C60H42N2O2. The van der Waals surface area contributed by atoms with E-state index in [2.05, 4.69) is 219 Å². The van der Waals surface area contributed by atoms with Crippen LogP contribution in [0.25, 0.3) is 76.2 Å². The first-order valence-corrected chi connectivity index (χ1v) is 22.3. The first-order chi connectivity index (χ1) is 31.3. The molecule has 4 nitrogen and oxygen atoms in total. The summed E-state index contributed by atoms with van der Waals surface area (Å²) in [7, 11) is 0. The third-order valence-corrected chi connectivity index (χ3v) is 14.7. The van der Waals surface area contributed by atoms with Gasteiger partial charge in [0.2, 0.25) is 0 Å². The van der Waals surface area contributed by atoms with Crippen molar-refractivity contribution in [3.63, 3.8) is 0 Å². The van der Waals surface area contributed by atoms with E-state index in [0.717, 1.165) is 77.4 Å². The van der Waals surface area contributed by atoms with Gasteiger partial charge in [-0.3, -0.25) is 0 Å². The molecule has 0 radical (unpaired) electrons. The first kappa shape index (κ1) is 35.7. The second kappa shape index (κ2) is 12.4. The van der Waals surface area contributed by atoms with E-state index in [9.17, 15) is 0 Å². The van der Waals surface area contributed by atoms with Crippen LogP contribution in [0.2, 0.25) is 0 Å². The molecule has 4 heteroatoms. The molecule has 0 spiro atoms. The van der Waals surface area contributed by atoms with E-state index in [-0.39, 0.29) is 10.8 Å². The number of anilines is 6. The normalized spacial score (nSPS) is 15.1. The molecule has 2 aromatic heterocycles. The van der Waals surface area contributed by atoms with Crippen molar-refractivity contribution in [1.29, 1.82) is 0 Å². The molecule has 0 aliphatic carbocycles. The largest absolute Gasteiger partial charge is 0.455 e. The fourth-order valence-electron chi connectivity index (χ4n) is 11.8. The zero-order chi connectivity index (χ0) is 42.6. The molecule has 0 unspecified atom stereocenters. The minimum Gasteiger partial charge on any atom is -0.455 e. The van der Waals surface area contributed by atoms with Crippen LogP contribution in [0.3, 0.4) is 0 Å². The van der Waals surface area contributed by atoms with Gasteiger partial charge in [-0.1, -0.05) is 137 Å². The van der Waals surface area contributed by atoms with Crippen LogP contribution < -0.4 is 9.80 Å². The van der Waals surface area contributed by atoms with Gasteiger partial charge in [-0.25, -0.2) is 0 Å². The maximum atomic E-state index is 7.30. The van der Waals surface area contributed by atoms with E-state index in [1.807, 2.05) is 0 Å². The molecule has 0 N–H and O–H groups in total. The Morgan fingerprint density at radius 2 is 0.609 bits per heavy atom. The van der Waals surface area contributed by atoms with Crippen molar-refractivity contribution in [3.05, 3.63) is 204 Å². The second-order valence-electron chi connectivity index (χ2n) is 18.8. The summed E-state index contributed by atoms with van der Waals surface area (Å²) in [5.74, 6) is 0. The lowest BCUT2D eigenvalue weighted by Gasteiger charge is -2.42. The highest BCUT2D eigenvalue weighted by molar-refractivity contribution is 6.24. The summed E-state index contributed by atoms with van der Waals surface area (Å²) in [4.78, 5) is 4.89. The molecule has 0 saturated carbocycles. The maximum absolute atomic E-state index is 7.30. The van der Waals surface area contributed by atoms with Gasteiger partial charge in [-0.2, -0.15) is 0 Å². The fourth-order valence-corrected chi connectivity index (χ4v) is 11.8. The zero-order valence-electron chi connectivity index (χ0n) is 36.0. The van der Waals surface area contributed by atoms with Crippen molar-refractivity contribution < 1.29 is 8.83 Å². The fraction of sp³-hybridized carbons (Fsp3) is 0.100. The maximum Gasteiger partial charge on any atom is 0.143 e. The molecule has 12 aromatic rings. The van der Waals surface area contributed by atoms with E-state index < -0.39 is 0 Å². The van der Waals surface area contributed by atoms with Crippen LogP contribution in [0.15, 0.2) is 191 Å². The SMILES string of the molecule is CC1(C)c2ccccc2N(c2cccc3ccccc23)c2ccc3c(oc4c3ccc3c4ccc4c5ccc6c(c5oc43)C(C)(C)c3ccccc3N6c3cccc4ccccc34)c21. The number of para-hydroxylation sites is 2. The summed E-state index contributed by atoms with van der Waals surface area (Å²) in [6.45, 7) is 9.37. The first-order valence-electron chi connectivity index (χ1n) is 22.3. The Kier molecular flexibility index (Phi) is 6.94. The molecule has 14 rings (SSSR count). The van der Waals surface area contributed by atoms with Gasteiger partial charge in [0.15, 0.2) is 0 Å². The Morgan fingerprint density at radius 1 is 0.281 bits per heavy atom. The summed E-state index contributed by atoms with van der Waals surface area (Å²) in [6, 6.07) is 66.4. The lowest BCUT2D eigenvalue weighted by molar-refractivity contribution is 0.602. The number of benzene rings is 10. The molecule has 0 fully saturated rings. The second-order valence-corrected chi connectivity index (χ2v) is 18.8. The Balaban J connectivity index is 1.01. The Hall–Kier alpha value is -7.82. The minimum absolute atomic E-state index is 0.341. The zero-order valence-corrected chi connectivity index (χ0v) is 36.0. The van der Waals surface area contributed by atoms with Crippen LogP contribution in [0, 0.1) is 0 Å². The summed E-state index contributed by atoms with van der Waals surface area (Å²) in [5, 5.41) is 11.4. The molecule has 2 aliphatic rings. The molecule has 2 aliphatic heterocycles. The third-order valence-electron chi connectivity index (χ3n) is 14.7. The number of rotatable bonds is 2. The molecular weight excluding hydrogens is 781 g/mol. The van der Waals surface area contributed by atoms with Crippen molar-refractivity contribution in [2.75, 3.05) is 9.80 Å². The van der Waals surface area contributed by atoms with Gasteiger partial charge in [0.05, 0.1) is 34.1 Å². The minimum atomic E-state index is -0.341. The molecule has 0 saturated heterocycles. The van der Waals surface area contributed by atoms with Gasteiger partial charge in [-0.05, 0) is 94.7 Å². The summed E-state index contributed by atoms with van der Waals surface area (Å²) < 4.78 is 14.6. The average Bonchev–Trinajstić information content (AvgIpc) is 3.90. The molecule has 304 valence electrons. The van der Waals surface area contributed by atoms with Crippen LogP contribution >= 0.6 is 0 Å². The summed E-state index contributed by atoms with van der Waals surface area (Å²) >= 11 is 0. The van der Waals surface area contributed by atoms with Crippen LogP contribution in [0.5, 0.6) is 0 Å². The number of furan rings is 2. The summed E-state index contributed by atoms with van der Waals surface area (Å²) in [5.41, 5.74) is 14.8. The summed E-state index contributed by atoms with van der Waals surface area (Å²) in [6.07, 6.45) is 0. The number of fused-ring (bicyclic) bond motifs is 17. The van der Waals surface area contributed by atoms with Crippen molar-refractivity contribution in [1.82, 2.24) is 0 Å². The predicted octanol–water partition coefficient (Wildman–Crippen LogP) is 17.2. The van der Waals surface area contributed by atoms with Crippen molar-refractivity contribution in [2.24, 2.45) is 0 Å². The standard InChI is InChI=1S/C60H42N2O2/c1-59(2)45-21-9-11-23-49(45)61(47-25-13-17-35-15-5-7-19-37(35)47)51-33-31-43-41-29-27-40-39(55(41)63-57(43)53(51)59)28-30-42-44-32-34-52-54(58(44)64-56(40)42)60(3,4)46-22-10-12-24-50(46)62(52)48-26-14-18-36-16-6-8-20-38(36)48/h5-34H,1-4H3. The Bertz CT molecular complexity index is 3730. The number of hydrogen-bond donors (Lipinski definition) is 0. The lowest BCUT2D eigenvalue weighted by atomic mass is 9.73. The lowest BCUT2D eigenvalue weighted by Crippen LogP contribution is -2.30. The van der Waals surface area contributed by atoms with Crippen LogP contribution in [0.1, 0.15) is 49.9 Å². The number of nitrogens with zero attached hydrogens (tertiary/aromatic N) is 2. The third kappa shape index (κ3) is 4.52. The van der Waals surface area contributed by atoms with Crippen LogP contribution in [-0.4, -0.2) is 0 Å². The molecule has 10 aromatic carbocycles. The smallest absolute Gasteiger partial charge is 0.143 e. The van der Waals surface area contributed by atoms with Gasteiger partial charge in [-0.15, -0.1) is 0 Å². The van der Waals surface area contributed by atoms with Crippen molar-refractivity contribution in [2.45, 2.75) is 38.5 Å². The van der Waals surface area contributed by atoms with Crippen molar-refractivity contribution in [3.8, 4) is 0 Å². The topological polar surface area (TPSA) is 32.8 Å². The van der Waals surface area contributed by atoms with Gasteiger partial charge in [0.1, 0.15) is 22.3 Å². The van der Waals surface area contributed by atoms with E-state index in [0.29, 0.717) is 0 Å². The monoisotopic (exact) mass is 822 g/mol. The molecule has 0 bridgehead atoms. The van der Waals surface area contributed by atoms with Gasteiger partial charge >= 0.3 is 0 Å². The predicted molar refractivity (Wildman–Crippen MR) is 267 cm³/mol. The van der Waals surface area contributed by atoms with Gasteiger partial charge < -0.3 is 18.6 Å². The highest BCUT2D eigenvalue weighted by Gasteiger charge is 2.42. The highest BCUT2D eigenvalue weighted by Crippen LogP contribution is 2.58. The molecule has 0 amide bonds. The van der Waals surface area contributed by atoms with E-state index in [1.165, 1.54) is 55.2 Å². The van der Waals surface area contributed by atoms with Gasteiger partial charge in [0, 0.05) is 65.0 Å². The average molecular weight is 823 g/mol. The van der Waals surface area contributed by atoms with E-state index in [4.69, 9.17) is 8.83 Å². The van der Waals surface area contributed by atoms with E-state index in [1.54, 1.807) is 0 Å².